The van der Waals surface area contributed by atoms with Crippen LogP contribution >= 0.6 is 11.6 Å². The smallest absolute Gasteiger partial charge is 0.416 e. The molecule has 2 rings (SSSR count). The molecule has 116 valence electrons. The van der Waals surface area contributed by atoms with Crippen LogP contribution in [0.15, 0.2) is 12.1 Å². The lowest BCUT2D eigenvalue weighted by Gasteiger charge is -2.34. The van der Waals surface area contributed by atoms with Crippen molar-refractivity contribution in [3.8, 4) is 0 Å². The highest BCUT2D eigenvalue weighted by Gasteiger charge is 2.31. The number of nitrogens with zero attached hydrogens (tertiary/aromatic N) is 3. The number of carbonyl (C=O) groups is 1. The minimum Gasteiger partial charge on any atom is -0.443 e. The topological polar surface area (TPSA) is 55.3 Å². The molecule has 1 saturated carbocycles. The first kappa shape index (κ1) is 16.0. The van der Waals surface area contributed by atoms with Crippen molar-refractivity contribution >= 4 is 23.5 Å². The van der Waals surface area contributed by atoms with Crippen LogP contribution in [-0.4, -0.2) is 27.9 Å². The van der Waals surface area contributed by atoms with Crippen molar-refractivity contribution in [2.45, 2.75) is 64.5 Å². The second-order valence-electron chi connectivity index (χ2n) is 6.36. The molecule has 1 aromatic heterocycles. The lowest BCUT2D eigenvalue weighted by atomic mass is 9.94. The Labute approximate surface area is 130 Å². The van der Waals surface area contributed by atoms with Gasteiger partial charge in [-0.1, -0.05) is 30.9 Å². The van der Waals surface area contributed by atoms with Crippen LogP contribution in [0.25, 0.3) is 0 Å². The molecule has 0 bridgehead atoms. The third kappa shape index (κ3) is 4.56. The van der Waals surface area contributed by atoms with E-state index in [9.17, 15) is 4.79 Å². The van der Waals surface area contributed by atoms with Gasteiger partial charge < -0.3 is 4.74 Å². The lowest BCUT2D eigenvalue weighted by Crippen LogP contribution is -2.45. The van der Waals surface area contributed by atoms with Gasteiger partial charge in [0.25, 0.3) is 0 Å². The van der Waals surface area contributed by atoms with Crippen LogP contribution in [-0.2, 0) is 4.74 Å². The number of rotatable bonds is 2. The fourth-order valence-corrected chi connectivity index (χ4v) is 2.62. The summed E-state index contributed by atoms with van der Waals surface area (Å²) < 4.78 is 5.52. The van der Waals surface area contributed by atoms with Gasteiger partial charge in [0.15, 0.2) is 11.0 Å². The number of carbonyl (C=O) groups excluding carboxylic acids is 1. The highest BCUT2D eigenvalue weighted by atomic mass is 35.5. The number of amides is 1. The fraction of sp³-hybridized carbons (Fsp3) is 0.667. The zero-order chi connectivity index (χ0) is 15.5. The van der Waals surface area contributed by atoms with Gasteiger partial charge in [0.2, 0.25) is 0 Å². The predicted molar refractivity (Wildman–Crippen MR) is 82.6 cm³/mol. The Morgan fingerprint density at radius 3 is 2.43 bits per heavy atom. The van der Waals surface area contributed by atoms with E-state index in [-0.39, 0.29) is 12.1 Å². The first-order chi connectivity index (χ1) is 9.87. The molecule has 1 amide bonds. The first-order valence-corrected chi connectivity index (χ1v) is 7.76. The molecule has 6 heteroatoms. The first-order valence-electron chi connectivity index (χ1n) is 7.38. The maximum atomic E-state index is 12.5. The van der Waals surface area contributed by atoms with Crippen molar-refractivity contribution in [2.24, 2.45) is 0 Å². The average Bonchev–Trinajstić information content (AvgIpc) is 2.40. The van der Waals surface area contributed by atoms with E-state index >= 15 is 0 Å². The summed E-state index contributed by atoms with van der Waals surface area (Å²) in [6, 6.07) is 3.47. The van der Waals surface area contributed by atoms with E-state index in [1.54, 1.807) is 17.0 Å². The van der Waals surface area contributed by atoms with Gasteiger partial charge >= 0.3 is 6.09 Å². The summed E-state index contributed by atoms with van der Waals surface area (Å²) in [5, 5.41) is 8.20. The summed E-state index contributed by atoms with van der Waals surface area (Å²) in [6.45, 7) is 5.58. The molecule has 21 heavy (non-hydrogen) atoms. The van der Waals surface area contributed by atoms with E-state index in [0.717, 1.165) is 25.7 Å². The Balaban J connectivity index is 2.24. The van der Waals surface area contributed by atoms with Crippen LogP contribution in [0.4, 0.5) is 10.6 Å². The second-order valence-corrected chi connectivity index (χ2v) is 6.74. The van der Waals surface area contributed by atoms with Crippen molar-refractivity contribution < 1.29 is 9.53 Å². The molecular weight excluding hydrogens is 290 g/mol. The standard InChI is InChI=1S/C15H22ClN3O2/c1-15(2,3)21-14(20)19(11-7-5-4-6-8-11)13-10-9-12(16)17-18-13/h9-11H,4-8H2,1-3H3. The third-order valence-corrected chi connectivity index (χ3v) is 3.60. The molecule has 1 fully saturated rings. The molecule has 0 unspecified atom stereocenters. The van der Waals surface area contributed by atoms with E-state index in [4.69, 9.17) is 16.3 Å². The molecule has 5 nitrogen and oxygen atoms in total. The van der Waals surface area contributed by atoms with Gasteiger partial charge in [0.1, 0.15) is 5.60 Å². The van der Waals surface area contributed by atoms with E-state index in [2.05, 4.69) is 10.2 Å². The zero-order valence-corrected chi connectivity index (χ0v) is 13.6. The Morgan fingerprint density at radius 1 is 1.24 bits per heavy atom. The maximum absolute atomic E-state index is 12.5. The summed E-state index contributed by atoms with van der Waals surface area (Å²) in [5.41, 5.74) is -0.538. The van der Waals surface area contributed by atoms with Crippen molar-refractivity contribution in [2.75, 3.05) is 4.90 Å². The van der Waals surface area contributed by atoms with Crippen LogP contribution in [0.2, 0.25) is 5.15 Å². The molecule has 0 saturated heterocycles. The van der Waals surface area contributed by atoms with Gasteiger partial charge in [-0.25, -0.2) is 4.79 Å². The van der Waals surface area contributed by atoms with Gasteiger partial charge in [0, 0.05) is 6.04 Å². The predicted octanol–water partition coefficient (Wildman–Crippen LogP) is 4.20. The summed E-state index contributed by atoms with van der Waals surface area (Å²) in [7, 11) is 0. The quantitative estimate of drug-likeness (QED) is 0.821. The monoisotopic (exact) mass is 311 g/mol. The number of hydrogen-bond donors (Lipinski definition) is 0. The molecule has 1 aliphatic carbocycles. The van der Waals surface area contributed by atoms with Crippen LogP contribution in [0.1, 0.15) is 52.9 Å². The Kier molecular flexibility index (Phi) is 5.04. The van der Waals surface area contributed by atoms with Crippen LogP contribution in [0, 0.1) is 0 Å². The van der Waals surface area contributed by atoms with Gasteiger partial charge in [-0.15, -0.1) is 10.2 Å². The minimum absolute atomic E-state index is 0.115. The summed E-state index contributed by atoms with van der Waals surface area (Å²) in [5.74, 6) is 0.501. The Morgan fingerprint density at radius 2 is 1.90 bits per heavy atom. The number of halogens is 1. The number of anilines is 1. The number of aromatic nitrogens is 2. The Hall–Kier alpha value is -1.36. The average molecular weight is 312 g/mol. The third-order valence-electron chi connectivity index (χ3n) is 3.39. The second kappa shape index (κ2) is 6.60. The van der Waals surface area contributed by atoms with E-state index in [0.29, 0.717) is 11.0 Å². The SMILES string of the molecule is CC(C)(C)OC(=O)N(c1ccc(Cl)nn1)C1CCCCC1. The lowest BCUT2D eigenvalue weighted by molar-refractivity contribution is 0.0556. The van der Waals surface area contributed by atoms with E-state index in [1.165, 1.54) is 6.42 Å². The van der Waals surface area contributed by atoms with Crippen molar-refractivity contribution in [3.63, 3.8) is 0 Å². The molecule has 1 aliphatic rings. The van der Waals surface area contributed by atoms with E-state index in [1.807, 2.05) is 20.8 Å². The van der Waals surface area contributed by atoms with Gasteiger partial charge in [-0.2, -0.15) is 0 Å². The van der Waals surface area contributed by atoms with Crippen LogP contribution in [0.3, 0.4) is 0 Å². The molecule has 0 spiro atoms. The van der Waals surface area contributed by atoms with Crippen LogP contribution < -0.4 is 4.90 Å². The molecule has 0 aliphatic heterocycles. The molecule has 0 atom stereocenters. The van der Waals surface area contributed by atoms with Gasteiger partial charge in [-0.3, -0.25) is 4.90 Å². The Bertz CT molecular complexity index is 479. The minimum atomic E-state index is -0.538. The summed E-state index contributed by atoms with van der Waals surface area (Å²) in [6.07, 6.45) is 5.00. The van der Waals surface area contributed by atoms with Crippen molar-refractivity contribution in [1.82, 2.24) is 10.2 Å². The maximum Gasteiger partial charge on any atom is 0.416 e. The molecule has 0 radical (unpaired) electrons. The molecule has 1 aromatic rings. The van der Waals surface area contributed by atoms with Crippen LogP contribution in [0.5, 0.6) is 0 Å². The molecule has 0 aromatic carbocycles. The molecule has 1 heterocycles. The fourth-order valence-electron chi connectivity index (χ4n) is 2.52. The number of ether oxygens (including phenoxy) is 1. The largest absolute Gasteiger partial charge is 0.443 e. The van der Waals surface area contributed by atoms with Crippen molar-refractivity contribution in [1.29, 1.82) is 0 Å². The molecular formula is C15H22ClN3O2. The van der Waals surface area contributed by atoms with Gasteiger partial charge in [0.05, 0.1) is 0 Å². The molecule has 0 N–H and O–H groups in total. The normalized spacial score (nSPS) is 16.6. The summed E-state index contributed by atoms with van der Waals surface area (Å²) >= 11 is 5.78. The van der Waals surface area contributed by atoms with Gasteiger partial charge in [-0.05, 0) is 45.7 Å². The number of hydrogen-bond acceptors (Lipinski definition) is 4. The highest BCUT2D eigenvalue weighted by Crippen LogP contribution is 2.28. The summed E-state index contributed by atoms with van der Waals surface area (Å²) in [4.78, 5) is 14.2. The highest BCUT2D eigenvalue weighted by molar-refractivity contribution is 6.29. The van der Waals surface area contributed by atoms with Crippen molar-refractivity contribution in [3.05, 3.63) is 17.3 Å². The zero-order valence-electron chi connectivity index (χ0n) is 12.8. The van der Waals surface area contributed by atoms with E-state index < -0.39 is 5.60 Å².